The number of carbonyl (C=O) groups excluding carboxylic acids is 2. The number of nitrogens with zero attached hydrogens (tertiary/aromatic N) is 1. The summed E-state index contributed by atoms with van der Waals surface area (Å²) in [5.74, 6) is 1.46. The molecule has 1 atom stereocenters. The monoisotopic (exact) mass is 375 g/mol. The van der Waals surface area contributed by atoms with Gasteiger partial charge >= 0.3 is 0 Å². The van der Waals surface area contributed by atoms with Crippen LogP contribution in [0.1, 0.15) is 33.6 Å². The van der Waals surface area contributed by atoms with E-state index in [4.69, 9.17) is 9.47 Å². The molecule has 1 fully saturated rings. The maximum atomic E-state index is 12.6. The Kier molecular flexibility index (Phi) is 6.21. The van der Waals surface area contributed by atoms with E-state index in [9.17, 15) is 9.59 Å². The number of rotatable bonds is 5. The molecule has 0 saturated carbocycles. The summed E-state index contributed by atoms with van der Waals surface area (Å²) in [6.07, 6.45) is 1.56. The first-order chi connectivity index (χ1) is 12.9. The lowest BCUT2D eigenvalue weighted by Crippen LogP contribution is -2.48. The van der Waals surface area contributed by atoms with Gasteiger partial charge in [0.05, 0.1) is 6.04 Å². The lowest BCUT2D eigenvalue weighted by atomic mass is 9.94. The second kappa shape index (κ2) is 8.61. The van der Waals surface area contributed by atoms with Crippen LogP contribution >= 0.6 is 0 Å². The molecule has 27 heavy (non-hydrogen) atoms. The molecule has 0 radical (unpaired) electrons. The number of amides is 2. The zero-order valence-electron chi connectivity index (χ0n) is 16.3. The summed E-state index contributed by atoms with van der Waals surface area (Å²) in [6.45, 7) is 8.38. The molecule has 0 aromatic heterocycles. The van der Waals surface area contributed by atoms with Gasteiger partial charge in [-0.15, -0.1) is 0 Å². The number of carbonyl (C=O) groups is 2. The average molecular weight is 375 g/mol. The van der Waals surface area contributed by atoms with Crippen molar-refractivity contribution in [2.45, 2.75) is 45.7 Å². The molecule has 148 valence electrons. The summed E-state index contributed by atoms with van der Waals surface area (Å²) in [5, 5.41) is 5.93. The number of hydrogen-bond acceptors (Lipinski definition) is 5. The molecule has 2 N–H and O–H groups in total. The van der Waals surface area contributed by atoms with Gasteiger partial charge in [-0.1, -0.05) is 0 Å². The lowest BCUT2D eigenvalue weighted by Gasteiger charge is -2.35. The molecule has 2 aliphatic rings. The molecular formula is C20H29N3O4. The zero-order valence-corrected chi connectivity index (χ0v) is 16.3. The highest BCUT2D eigenvalue weighted by Crippen LogP contribution is 2.32. The summed E-state index contributed by atoms with van der Waals surface area (Å²) < 4.78 is 11.1. The first-order valence-electron chi connectivity index (χ1n) is 9.69. The third-order valence-corrected chi connectivity index (χ3v) is 5.07. The standard InChI is InChI=1S/C20H29N3O4/c1-13(2)21-20(25)15-6-8-23(9-7-15)14(3)19(24)22-16-4-5-17-18(12-16)27-11-10-26-17/h4-5,12-15H,6-11H2,1-3H3,(H,21,25)(H,22,24)/t14-/m0/s1. The molecule has 7 heteroatoms. The van der Waals surface area contributed by atoms with Crippen LogP contribution in [0.5, 0.6) is 11.5 Å². The highest BCUT2D eigenvalue weighted by molar-refractivity contribution is 5.94. The molecule has 0 spiro atoms. The molecule has 0 aliphatic carbocycles. The van der Waals surface area contributed by atoms with Gasteiger partial charge in [-0.05, 0) is 58.8 Å². The van der Waals surface area contributed by atoms with Gasteiger partial charge in [-0.3, -0.25) is 14.5 Å². The van der Waals surface area contributed by atoms with Gasteiger partial charge in [-0.25, -0.2) is 0 Å². The minimum atomic E-state index is -0.257. The van der Waals surface area contributed by atoms with Gasteiger partial charge in [0, 0.05) is 23.7 Å². The Hall–Kier alpha value is -2.28. The Morgan fingerprint density at radius 1 is 1.07 bits per heavy atom. The Labute approximate surface area is 160 Å². The molecule has 7 nitrogen and oxygen atoms in total. The maximum Gasteiger partial charge on any atom is 0.241 e. The zero-order chi connectivity index (χ0) is 19.4. The van der Waals surface area contributed by atoms with Crippen molar-refractivity contribution in [2.24, 2.45) is 5.92 Å². The predicted octanol–water partition coefficient (Wildman–Crippen LogP) is 2.02. The summed E-state index contributed by atoms with van der Waals surface area (Å²) in [6, 6.07) is 5.33. The van der Waals surface area contributed by atoms with Crippen LogP contribution in [0.3, 0.4) is 0 Å². The lowest BCUT2D eigenvalue weighted by molar-refractivity contribution is -0.127. The number of benzene rings is 1. The van der Waals surface area contributed by atoms with Gasteiger partial charge in [0.2, 0.25) is 11.8 Å². The van der Waals surface area contributed by atoms with Crippen molar-refractivity contribution in [1.29, 1.82) is 0 Å². The summed E-state index contributed by atoms with van der Waals surface area (Å²) in [7, 11) is 0. The van der Waals surface area contributed by atoms with Crippen molar-refractivity contribution >= 4 is 17.5 Å². The highest BCUT2D eigenvalue weighted by atomic mass is 16.6. The van der Waals surface area contributed by atoms with Crippen molar-refractivity contribution in [3.63, 3.8) is 0 Å². The molecule has 2 aliphatic heterocycles. The van der Waals surface area contributed by atoms with Crippen LogP contribution in [0.2, 0.25) is 0 Å². The number of hydrogen-bond donors (Lipinski definition) is 2. The maximum absolute atomic E-state index is 12.6. The van der Waals surface area contributed by atoms with Gasteiger partial charge in [-0.2, -0.15) is 0 Å². The number of ether oxygens (including phenoxy) is 2. The normalized spacial score (nSPS) is 18.8. The second-order valence-corrected chi connectivity index (χ2v) is 7.50. The van der Waals surface area contributed by atoms with Crippen molar-refractivity contribution in [3.05, 3.63) is 18.2 Å². The first kappa shape index (κ1) is 19.5. The van der Waals surface area contributed by atoms with Gasteiger partial charge in [0.25, 0.3) is 0 Å². The van der Waals surface area contributed by atoms with E-state index >= 15 is 0 Å². The SMILES string of the molecule is CC(C)NC(=O)C1CCN([C@@H](C)C(=O)Nc2ccc3c(c2)OCCO3)CC1. The quantitative estimate of drug-likeness (QED) is 0.823. The van der Waals surface area contributed by atoms with Crippen LogP contribution in [0.4, 0.5) is 5.69 Å². The van der Waals surface area contributed by atoms with E-state index in [1.54, 1.807) is 6.07 Å². The fourth-order valence-electron chi connectivity index (χ4n) is 3.48. The molecule has 2 amide bonds. The third-order valence-electron chi connectivity index (χ3n) is 5.07. The van der Waals surface area contributed by atoms with Crippen LogP contribution in [0, 0.1) is 5.92 Å². The van der Waals surface area contributed by atoms with Crippen molar-refractivity contribution in [1.82, 2.24) is 10.2 Å². The minimum Gasteiger partial charge on any atom is -0.486 e. The summed E-state index contributed by atoms with van der Waals surface area (Å²) >= 11 is 0. The topological polar surface area (TPSA) is 79.9 Å². The smallest absolute Gasteiger partial charge is 0.241 e. The summed E-state index contributed by atoms with van der Waals surface area (Å²) in [5.41, 5.74) is 0.697. The number of anilines is 1. The number of piperidine rings is 1. The molecular weight excluding hydrogens is 346 g/mol. The van der Waals surface area contributed by atoms with Crippen LogP contribution < -0.4 is 20.1 Å². The second-order valence-electron chi connectivity index (χ2n) is 7.50. The predicted molar refractivity (Wildman–Crippen MR) is 103 cm³/mol. The van der Waals surface area contributed by atoms with E-state index < -0.39 is 0 Å². The Balaban J connectivity index is 1.52. The van der Waals surface area contributed by atoms with E-state index in [0.717, 1.165) is 25.9 Å². The van der Waals surface area contributed by atoms with Crippen molar-refractivity contribution in [2.75, 3.05) is 31.6 Å². The van der Waals surface area contributed by atoms with Gasteiger partial charge < -0.3 is 20.1 Å². The third kappa shape index (κ3) is 4.91. The van der Waals surface area contributed by atoms with Crippen molar-refractivity contribution in [3.8, 4) is 11.5 Å². The van der Waals surface area contributed by atoms with E-state index in [2.05, 4.69) is 15.5 Å². The van der Waals surface area contributed by atoms with E-state index in [1.807, 2.05) is 32.9 Å². The first-order valence-corrected chi connectivity index (χ1v) is 9.69. The average Bonchev–Trinajstić information content (AvgIpc) is 2.67. The van der Waals surface area contributed by atoms with E-state index in [-0.39, 0.29) is 29.8 Å². The molecule has 1 aromatic rings. The summed E-state index contributed by atoms with van der Waals surface area (Å²) in [4.78, 5) is 26.9. The largest absolute Gasteiger partial charge is 0.486 e. The Morgan fingerprint density at radius 2 is 1.74 bits per heavy atom. The molecule has 1 aromatic carbocycles. The number of nitrogens with one attached hydrogen (secondary N) is 2. The Morgan fingerprint density at radius 3 is 2.41 bits per heavy atom. The van der Waals surface area contributed by atoms with Crippen LogP contribution in [0.15, 0.2) is 18.2 Å². The molecule has 1 saturated heterocycles. The van der Waals surface area contributed by atoms with Crippen molar-refractivity contribution < 1.29 is 19.1 Å². The fraction of sp³-hybridized carbons (Fsp3) is 0.600. The van der Waals surface area contributed by atoms with E-state index in [1.165, 1.54) is 0 Å². The Bertz CT molecular complexity index is 684. The molecule has 3 rings (SSSR count). The minimum absolute atomic E-state index is 0.0386. The molecule has 2 heterocycles. The van der Waals surface area contributed by atoms with Gasteiger partial charge in [0.1, 0.15) is 13.2 Å². The molecule has 0 unspecified atom stereocenters. The number of fused-ring (bicyclic) bond motifs is 1. The van der Waals surface area contributed by atoms with Crippen LogP contribution in [0.25, 0.3) is 0 Å². The fourth-order valence-corrected chi connectivity index (χ4v) is 3.48. The molecule has 0 bridgehead atoms. The van der Waals surface area contributed by atoms with Crippen LogP contribution in [-0.2, 0) is 9.59 Å². The highest BCUT2D eigenvalue weighted by Gasteiger charge is 2.30. The van der Waals surface area contributed by atoms with Gasteiger partial charge in [0.15, 0.2) is 11.5 Å². The van der Waals surface area contributed by atoms with Crippen LogP contribution in [-0.4, -0.2) is 55.1 Å². The number of likely N-dealkylation sites (tertiary alicyclic amines) is 1. The van der Waals surface area contributed by atoms with E-state index in [0.29, 0.717) is 30.4 Å².